The summed E-state index contributed by atoms with van der Waals surface area (Å²) in [5, 5.41) is 0. The summed E-state index contributed by atoms with van der Waals surface area (Å²) in [6, 6.07) is 7.03. The van der Waals surface area contributed by atoms with Gasteiger partial charge in [0.05, 0.1) is 10.2 Å². The number of rotatable bonds is 1. The minimum Gasteiger partial charge on any atom is -0.269 e. The SMILES string of the molecule is O=C1C=C(Br)C(=O)N1c1cccc(Br)c1. The lowest BCUT2D eigenvalue weighted by molar-refractivity contribution is -0.120. The van der Waals surface area contributed by atoms with E-state index in [-0.39, 0.29) is 16.3 Å². The first kappa shape index (κ1) is 10.6. The Balaban J connectivity index is 2.42. The monoisotopic (exact) mass is 329 g/mol. The van der Waals surface area contributed by atoms with Crippen LogP contribution in [0.3, 0.4) is 0 Å². The van der Waals surface area contributed by atoms with Crippen LogP contribution in [0.1, 0.15) is 0 Å². The van der Waals surface area contributed by atoms with Crippen LogP contribution in [0, 0.1) is 0 Å². The predicted molar refractivity (Wildman–Crippen MR) is 63.6 cm³/mol. The van der Waals surface area contributed by atoms with Gasteiger partial charge in [0.15, 0.2) is 0 Å². The van der Waals surface area contributed by atoms with Crippen molar-refractivity contribution in [2.45, 2.75) is 0 Å². The molecule has 0 radical (unpaired) electrons. The number of nitrogens with zero attached hydrogens (tertiary/aromatic N) is 1. The molecule has 1 aromatic rings. The molecule has 0 saturated heterocycles. The zero-order chi connectivity index (χ0) is 11.0. The van der Waals surface area contributed by atoms with E-state index in [1.54, 1.807) is 18.2 Å². The molecule has 0 unspecified atom stereocenters. The van der Waals surface area contributed by atoms with Gasteiger partial charge in [0.2, 0.25) is 0 Å². The minimum absolute atomic E-state index is 0.285. The molecule has 15 heavy (non-hydrogen) atoms. The van der Waals surface area contributed by atoms with Crippen molar-refractivity contribution < 1.29 is 9.59 Å². The fourth-order valence-electron chi connectivity index (χ4n) is 1.30. The molecule has 0 saturated carbocycles. The van der Waals surface area contributed by atoms with E-state index >= 15 is 0 Å². The number of halogens is 2. The number of amides is 2. The molecule has 3 nitrogen and oxygen atoms in total. The number of benzene rings is 1. The summed E-state index contributed by atoms with van der Waals surface area (Å²) in [6.07, 6.45) is 1.27. The van der Waals surface area contributed by atoms with E-state index in [4.69, 9.17) is 0 Å². The number of anilines is 1. The fourth-order valence-corrected chi connectivity index (χ4v) is 2.06. The molecule has 0 spiro atoms. The molecular weight excluding hydrogens is 326 g/mol. The maximum absolute atomic E-state index is 11.6. The van der Waals surface area contributed by atoms with Gasteiger partial charge in [0.1, 0.15) is 0 Å². The van der Waals surface area contributed by atoms with Crippen molar-refractivity contribution in [2.24, 2.45) is 0 Å². The number of imide groups is 1. The highest BCUT2D eigenvalue weighted by atomic mass is 79.9. The second-order valence-corrected chi connectivity index (χ2v) is 4.72. The molecule has 1 aliphatic rings. The van der Waals surface area contributed by atoms with Crippen LogP contribution in [0.15, 0.2) is 39.3 Å². The lowest BCUT2D eigenvalue weighted by atomic mass is 10.3. The summed E-state index contributed by atoms with van der Waals surface area (Å²) in [5.41, 5.74) is 0.560. The fraction of sp³-hybridized carbons (Fsp3) is 0. The van der Waals surface area contributed by atoms with E-state index in [0.29, 0.717) is 5.69 Å². The second kappa shape index (κ2) is 3.90. The topological polar surface area (TPSA) is 37.4 Å². The molecule has 1 heterocycles. The molecule has 2 amide bonds. The summed E-state index contributed by atoms with van der Waals surface area (Å²) in [4.78, 5) is 24.2. The molecule has 1 aromatic carbocycles. The van der Waals surface area contributed by atoms with Crippen LogP contribution < -0.4 is 4.90 Å². The van der Waals surface area contributed by atoms with Crippen molar-refractivity contribution >= 4 is 49.4 Å². The van der Waals surface area contributed by atoms with E-state index in [1.807, 2.05) is 6.07 Å². The zero-order valence-electron chi connectivity index (χ0n) is 7.41. The van der Waals surface area contributed by atoms with Crippen LogP contribution in [-0.4, -0.2) is 11.8 Å². The predicted octanol–water partition coefficient (Wildman–Crippen LogP) is 2.60. The van der Waals surface area contributed by atoms with Gasteiger partial charge in [-0.05, 0) is 34.1 Å². The van der Waals surface area contributed by atoms with Gasteiger partial charge < -0.3 is 0 Å². The van der Waals surface area contributed by atoms with Gasteiger partial charge in [0, 0.05) is 10.5 Å². The first-order valence-electron chi connectivity index (χ1n) is 4.11. The first-order valence-corrected chi connectivity index (χ1v) is 5.69. The van der Waals surface area contributed by atoms with Gasteiger partial charge >= 0.3 is 0 Å². The molecule has 0 aromatic heterocycles. The summed E-state index contributed by atoms with van der Waals surface area (Å²) in [5.74, 6) is -0.664. The van der Waals surface area contributed by atoms with Crippen molar-refractivity contribution in [1.29, 1.82) is 0 Å². The Labute approximate surface area is 103 Å². The van der Waals surface area contributed by atoms with E-state index < -0.39 is 0 Å². The Morgan fingerprint density at radius 2 is 1.87 bits per heavy atom. The molecule has 0 aliphatic carbocycles. The van der Waals surface area contributed by atoms with Gasteiger partial charge in [-0.25, -0.2) is 4.90 Å². The van der Waals surface area contributed by atoms with Crippen LogP contribution in [-0.2, 0) is 9.59 Å². The van der Waals surface area contributed by atoms with Crippen molar-refractivity contribution in [3.05, 3.63) is 39.3 Å². The third kappa shape index (κ3) is 1.89. The van der Waals surface area contributed by atoms with Crippen molar-refractivity contribution in [1.82, 2.24) is 0 Å². The molecule has 5 heteroatoms. The van der Waals surface area contributed by atoms with Gasteiger partial charge in [-0.2, -0.15) is 0 Å². The normalized spacial score (nSPS) is 15.9. The largest absolute Gasteiger partial charge is 0.272 e. The third-order valence-electron chi connectivity index (χ3n) is 1.94. The molecule has 0 N–H and O–H groups in total. The molecule has 0 fully saturated rings. The Morgan fingerprint density at radius 3 is 2.40 bits per heavy atom. The average molecular weight is 331 g/mol. The molecule has 0 atom stereocenters. The average Bonchev–Trinajstić information content (AvgIpc) is 2.41. The van der Waals surface area contributed by atoms with Crippen LogP contribution >= 0.6 is 31.9 Å². The first-order chi connectivity index (χ1) is 7.09. The van der Waals surface area contributed by atoms with E-state index in [2.05, 4.69) is 31.9 Å². The number of carbonyl (C=O) groups excluding carboxylic acids is 2. The van der Waals surface area contributed by atoms with Crippen LogP contribution in [0.25, 0.3) is 0 Å². The van der Waals surface area contributed by atoms with Crippen LogP contribution in [0.4, 0.5) is 5.69 Å². The van der Waals surface area contributed by atoms with E-state index in [9.17, 15) is 9.59 Å². The van der Waals surface area contributed by atoms with Gasteiger partial charge in [0.25, 0.3) is 11.8 Å². The van der Waals surface area contributed by atoms with Crippen LogP contribution in [0.2, 0.25) is 0 Å². The number of carbonyl (C=O) groups is 2. The Morgan fingerprint density at radius 1 is 1.13 bits per heavy atom. The molecule has 1 aliphatic heterocycles. The van der Waals surface area contributed by atoms with Gasteiger partial charge in [-0.15, -0.1) is 0 Å². The van der Waals surface area contributed by atoms with E-state index in [1.165, 1.54) is 6.08 Å². The molecule has 76 valence electrons. The highest BCUT2D eigenvalue weighted by molar-refractivity contribution is 9.12. The zero-order valence-corrected chi connectivity index (χ0v) is 10.6. The quantitative estimate of drug-likeness (QED) is 0.742. The smallest absolute Gasteiger partial charge is 0.269 e. The minimum atomic E-state index is -0.335. The molecule has 2 rings (SSSR count). The maximum atomic E-state index is 11.6. The van der Waals surface area contributed by atoms with Crippen molar-refractivity contribution in [3.63, 3.8) is 0 Å². The third-order valence-corrected chi connectivity index (χ3v) is 3.01. The highest BCUT2D eigenvalue weighted by Crippen LogP contribution is 2.27. The van der Waals surface area contributed by atoms with Crippen molar-refractivity contribution in [2.75, 3.05) is 4.90 Å². The summed E-state index contributed by atoms with van der Waals surface area (Å²) in [7, 11) is 0. The Bertz CT molecular complexity index is 482. The van der Waals surface area contributed by atoms with Gasteiger partial charge in [-0.1, -0.05) is 22.0 Å². The Hall–Kier alpha value is -0.940. The van der Waals surface area contributed by atoms with Crippen LogP contribution in [0.5, 0.6) is 0 Å². The highest BCUT2D eigenvalue weighted by Gasteiger charge is 2.30. The summed E-state index contributed by atoms with van der Waals surface area (Å²) in [6.45, 7) is 0. The lowest BCUT2D eigenvalue weighted by Gasteiger charge is -2.13. The maximum Gasteiger partial charge on any atom is 0.272 e. The summed E-state index contributed by atoms with van der Waals surface area (Å²) < 4.78 is 1.11. The number of hydrogen-bond donors (Lipinski definition) is 0. The van der Waals surface area contributed by atoms with Crippen molar-refractivity contribution in [3.8, 4) is 0 Å². The summed E-state index contributed by atoms with van der Waals surface area (Å²) >= 11 is 6.32. The van der Waals surface area contributed by atoms with Gasteiger partial charge in [-0.3, -0.25) is 9.59 Å². The van der Waals surface area contributed by atoms with E-state index in [0.717, 1.165) is 9.37 Å². The molecule has 0 bridgehead atoms. The standard InChI is InChI=1S/C10H5Br2NO2/c11-6-2-1-3-7(4-6)13-9(14)5-8(12)10(13)15/h1-5H. The second-order valence-electron chi connectivity index (χ2n) is 2.95. The number of hydrogen-bond acceptors (Lipinski definition) is 2. The molecular formula is C10H5Br2NO2. The Kier molecular flexibility index (Phi) is 2.75. The lowest BCUT2D eigenvalue weighted by Crippen LogP contribution is -2.30.